The first kappa shape index (κ1) is 13.9. The first-order valence-electron chi connectivity index (χ1n) is 7.16. The molecule has 102 valence electrons. The van der Waals surface area contributed by atoms with Crippen molar-refractivity contribution >= 4 is 5.69 Å². The molecule has 0 unspecified atom stereocenters. The number of hydrogen-bond donors (Lipinski definition) is 1. The molecule has 2 rings (SSSR count). The van der Waals surface area contributed by atoms with Gasteiger partial charge in [0.05, 0.1) is 0 Å². The van der Waals surface area contributed by atoms with Crippen molar-refractivity contribution < 1.29 is 0 Å². The number of nitrogens with one attached hydrogen (secondary N) is 1. The largest absolute Gasteiger partial charge is 0.381 e. The minimum Gasteiger partial charge on any atom is -0.381 e. The summed E-state index contributed by atoms with van der Waals surface area (Å²) in [4.78, 5) is 0. The molecule has 0 saturated carbocycles. The number of allylic oxidation sites excluding steroid dienone is 2. The molecule has 1 aromatic rings. The maximum atomic E-state index is 4.08. The predicted molar refractivity (Wildman–Crippen MR) is 84.5 cm³/mol. The minimum absolute atomic E-state index is 0.144. The van der Waals surface area contributed by atoms with E-state index in [1.165, 1.54) is 16.8 Å². The van der Waals surface area contributed by atoms with Crippen LogP contribution in [0.4, 0.5) is 5.69 Å². The Balaban J connectivity index is 2.07. The monoisotopic (exact) mass is 255 g/mol. The van der Waals surface area contributed by atoms with Crippen LogP contribution in [0.15, 0.2) is 48.6 Å². The second kappa shape index (κ2) is 5.64. The van der Waals surface area contributed by atoms with Gasteiger partial charge in [-0.15, -0.1) is 6.58 Å². The van der Waals surface area contributed by atoms with Gasteiger partial charge in [0.2, 0.25) is 0 Å². The normalized spacial score (nSPS) is 20.1. The van der Waals surface area contributed by atoms with Gasteiger partial charge in [0.25, 0.3) is 0 Å². The Labute approximate surface area is 117 Å². The Morgan fingerprint density at radius 1 is 1.42 bits per heavy atom. The van der Waals surface area contributed by atoms with E-state index in [9.17, 15) is 0 Å². The van der Waals surface area contributed by atoms with E-state index in [2.05, 4.69) is 69.1 Å². The van der Waals surface area contributed by atoms with Crippen molar-refractivity contribution in [1.82, 2.24) is 0 Å². The van der Waals surface area contributed by atoms with Crippen molar-refractivity contribution in [3.8, 4) is 0 Å². The molecule has 1 heterocycles. The molecule has 1 N–H and O–H groups in total. The highest BCUT2D eigenvalue weighted by molar-refractivity contribution is 5.57. The first-order chi connectivity index (χ1) is 9.05. The molecule has 0 saturated heterocycles. The van der Waals surface area contributed by atoms with Gasteiger partial charge in [0, 0.05) is 17.1 Å². The second-order valence-corrected chi connectivity index (χ2v) is 6.09. The maximum absolute atomic E-state index is 4.08. The van der Waals surface area contributed by atoms with Gasteiger partial charge in [-0.3, -0.25) is 0 Å². The van der Waals surface area contributed by atoms with Gasteiger partial charge in [0.15, 0.2) is 0 Å². The molecule has 2 atom stereocenters. The fourth-order valence-corrected chi connectivity index (χ4v) is 2.79. The van der Waals surface area contributed by atoms with Crippen molar-refractivity contribution in [2.24, 2.45) is 5.41 Å². The fourth-order valence-electron chi connectivity index (χ4n) is 2.79. The summed E-state index contributed by atoms with van der Waals surface area (Å²) in [6, 6.07) is 9.09. The van der Waals surface area contributed by atoms with Crippen LogP contribution in [0.3, 0.4) is 0 Å². The van der Waals surface area contributed by atoms with E-state index in [0.717, 1.165) is 19.3 Å². The molecule has 0 fully saturated rings. The third-order valence-electron chi connectivity index (χ3n) is 4.27. The standard InChI is InChI=1S/C18H25N/c1-5-18(4,12-8-9-14(2)3)17-13-15-10-6-7-11-16(15)19-17/h5-7,9-11,17,19H,1,8,12-13H2,2-4H3/t17-,18-/m1/s1. The van der Waals surface area contributed by atoms with Crippen molar-refractivity contribution in [2.45, 2.75) is 46.1 Å². The first-order valence-corrected chi connectivity index (χ1v) is 7.16. The molecule has 19 heavy (non-hydrogen) atoms. The average molecular weight is 255 g/mol. The number of hydrogen-bond acceptors (Lipinski definition) is 1. The van der Waals surface area contributed by atoms with Crippen LogP contribution in [0, 0.1) is 5.41 Å². The Morgan fingerprint density at radius 2 is 2.16 bits per heavy atom. The minimum atomic E-state index is 0.144. The molecule has 0 bridgehead atoms. The SMILES string of the molecule is C=C[C@](C)(CCC=C(C)C)[C@H]1Cc2ccccc2N1. The van der Waals surface area contributed by atoms with Crippen LogP contribution < -0.4 is 5.32 Å². The molecule has 1 aromatic carbocycles. The number of benzene rings is 1. The van der Waals surface area contributed by atoms with E-state index >= 15 is 0 Å². The third kappa shape index (κ3) is 3.09. The molecule has 1 nitrogen and oxygen atoms in total. The number of anilines is 1. The Morgan fingerprint density at radius 3 is 2.79 bits per heavy atom. The van der Waals surface area contributed by atoms with Crippen molar-refractivity contribution in [2.75, 3.05) is 5.32 Å². The van der Waals surface area contributed by atoms with E-state index in [1.807, 2.05) is 0 Å². The maximum Gasteiger partial charge on any atom is 0.0390 e. The summed E-state index contributed by atoms with van der Waals surface area (Å²) in [7, 11) is 0. The summed E-state index contributed by atoms with van der Waals surface area (Å²) in [5.74, 6) is 0. The van der Waals surface area contributed by atoms with Crippen LogP contribution in [0.5, 0.6) is 0 Å². The van der Waals surface area contributed by atoms with Crippen molar-refractivity contribution in [3.63, 3.8) is 0 Å². The summed E-state index contributed by atoms with van der Waals surface area (Å²) in [5.41, 5.74) is 4.27. The van der Waals surface area contributed by atoms with Gasteiger partial charge in [-0.2, -0.15) is 0 Å². The number of fused-ring (bicyclic) bond motifs is 1. The highest BCUT2D eigenvalue weighted by atomic mass is 15.0. The summed E-state index contributed by atoms with van der Waals surface area (Å²) in [6.45, 7) is 10.7. The second-order valence-electron chi connectivity index (χ2n) is 6.09. The lowest BCUT2D eigenvalue weighted by Gasteiger charge is -2.33. The van der Waals surface area contributed by atoms with Gasteiger partial charge >= 0.3 is 0 Å². The van der Waals surface area contributed by atoms with Crippen LogP contribution in [0.2, 0.25) is 0 Å². The van der Waals surface area contributed by atoms with Crippen LogP contribution in [0.25, 0.3) is 0 Å². The van der Waals surface area contributed by atoms with E-state index in [-0.39, 0.29) is 5.41 Å². The van der Waals surface area contributed by atoms with E-state index in [0.29, 0.717) is 6.04 Å². The van der Waals surface area contributed by atoms with E-state index in [4.69, 9.17) is 0 Å². The zero-order valence-corrected chi connectivity index (χ0v) is 12.4. The zero-order chi connectivity index (χ0) is 13.9. The molecule has 1 heteroatoms. The van der Waals surface area contributed by atoms with Gasteiger partial charge in [-0.1, -0.05) is 42.8 Å². The van der Waals surface area contributed by atoms with Crippen LogP contribution in [-0.2, 0) is 6.42 Å². The van der Waals surface area contributed by atoms with Crippen LogP contribution in [-0.4, -0.2) is 6.04 Å². The molecule has 0 spiro atoms. The average Bonchev–Trinajstić information content (AvgIpc) is 2.82. The van der Waals surface area contributed by atoms with Gasteiger partial charge in [-0.05, 0) is 44.7 Å². The van der Waals surface area contributed by atoms with Crippen LogP contribution >= 0.6 is 0 Å². The lowest BCUT2D eigenvalue weighted by atomic mass is 9.77. The highest BCUT2D eigenvalue weighted by Gasteiger charge is 2.34. The molecule has 0 aromatic heterocycles. The fraction of sp³-hybridized carbons (Fsp3) is 0.444. The molecule has 0 radical (unpaired) electrons. The predicted octanol–water partition coefficient (Wildman–Crippen LogP) is 4.96. The van der Waals surface area contributed by atoms with Gasteiger partial charge in [-0.25, -0.2) is 0 Å². The van der Waals surface area contributed by atoms with Gasteiger partial charge in [0.1, 0.15) is 0 Å². The summed E-state index contributed by atoms with van der Waals surface area (Å²) >= 11 is 0. The topological polar surface area (TPSA) is 12.0 Å². The lowest BCUT2D eigenvalue weighted by molar-refractivity contribution is 0.336. The van der Waals surface area contributed by atoms with E-state index in [1.54, 1.807) is 0 Å². The molecular weight excluding hydrogens is 230 g/mol. The zero-order valence-electron chi connectivity index (χ0n) is 12.4. The molecule has 1 aliphatic heterocycles. The van der Waals surface area contributed by atoms with Crippen molar-refractivity contribution in [1.29, 1.82) is 0 Å². The molecule has 0 amide bonds. The Kier molecular flexibility index (Phi) is 4.14. The molecule has 0 aliphatic carbocycles. The summed E-state index contributed by atoms with van der Waals surface area (Å²) in [5, 5.41) is 3.67. The third-order valence-corrected chi connectivity index (χ3v) is 4.27. The smallest absolute Gasteiger partial charge is 0.0390 e. The Hall–Kier alpha value is -1.50. The van der Waals surface area contributed by atoms with Gasteiger partial charge < -0.3 is 5.32 Å². The highest BCUT2D eigenvalue weighted by Crippen LogP contribution is 2.38. The van der Waals surface area contributed by atoms with Crippen molar-refractivity contribution in [3.05, 3.63) is 54.1 Å². The Bertz CT molecular complexity index is 457. The number of rotatable bonds is 5. The molecule has 1 aliphatic rings. The number of para-hydroxylation sites is 1. The van der Waals surface area contributed by atoms with E-state index < -0.39 is 0 Å². The lowest BCUT2D eigenvalue weighted by Crippen LogP contribution is -2.35. The van der Waals surface area contributed by atoms with Crippen LogP contribution in [0.1, 0.15) is 39.2 Å². The molecular formula is C18H25N. The quantitative estimate of drug-likeness (QED) is 0.733. The summed E-state index contributed by atoms with van der Waals surface area (Å²) in [6.07, 6.45) is 7.83. The summed E-state index contributed by atoms with van der Waals surface area (Å²) < 4.78 is 0.